The van der Waals surface area contributed by atoms with Gasteiger partial charge in [0.05, 0.1) is 24.7 Å². The first-order valence-corrected chi connectivity index (χ1v) is 14.3. The van der Waals surface area contributed by atoms with Gasteiger partial charge >= 0.3 is 11.9 Å². The number of rotatable bonds is 14. The van der Waals surface area contributed by atoms with Gasteiger partial charge in [-0.25, -0.2) is 0 Å². The number of likely N-dealkylation sites (N-methyl/N-ethyl adjacent to an activating group) is 3. The van der Waals surface area contributed by atoms with Crippen LogP contribution in [0.5, 0.6) is 5.75 Å². The van der Waals surface area contributed by atoms with Crippen molar-refractivity contribution in [2.45, 2.75) is 71.0 Å². The highest BCUT2D eigenvalue weighted by atomic mass is 16.7. The molecule has 0 saturated carbocycles. The number of carboxylic acids is 1. The molecule has 5 N–H and O–H groups in total. The van der Waals surface area contributed by atoms with Gasteiger partial charge in [0.1, 0.15) is 37.2 Å². The molecule has 3 amide bonds. The number of hydrogen-bond acceptors (Lipinski definition) is 12. The number of nitrogens with one attached hydrogen (secondary N) is 1. The van der Waals surface area contributed by atoms with Gasteiger partial charge in [-0.15, -0.1) is 0 Å². The van der Waals surface area contributed by atoms with Crippen molar-refractivity contribution < 1.29 is 58.6 Å². The third-order valence-corrected chi connectivity index (χ3v) is 6.74. The van der Waals surface area contributed by atoms with E-state index >= 15 is 0 Å². The molecule has 16 heteroatoms. The van der Waals surface area contributed by atoms with Crippen molar-refractivity contribution in [1.82, 2.24) is 14.7 Å². The lowest BCUT2D eigenvalue weighted by Crippen LogP contribution is -2.63. The van der Waals surface area contributed by atoms with E-state index in [0.29, 0.717) is 11.3 Å². The molecule has 1 aliphatic heterocycles. The molecule has 1 aromatic rings. The fraction of sp³-hybridized carbons (Fsp3) is 0.621. The van der Waals surface area contributed by atoms with Gasteiger partial charge in [-0.1, -0.05) is 19.9 Å². The summed E-state index contributed by atoms with van der Waals surface area (Å²) in [6, 6.07) is 4.86. The second kappa shape index (κ2) is 16.4. The van der Waals surface area contributed by atoms with Gasteiger partial charge in [-0.05, 0) is 31.5 Å². The number of hydrogen-bond donors (Lipinski definition) is 5. The summed E-state index contributed by atoms with van der Waals surface area (Å²) < 4.78 is 16.8. The molecule has 0 unspecified atom stereocenters. The number of carboxylic acid groups (broad SMARTS) is 1. The predicted octanol–water partition coefficient (Wildman–Crippen LogP) is -1.15. The van der Waals surface area contributed by atoms with E-state index in [1.807, 2.05) is 13.8 Å². The van der Waals surface area contributed by atoms with E-state index in [1.54, 1.807) is 32.0 Å². The highest BCUT2D eigenvalue weighted by molar-refractivity contribution is 5.90. The SMILES string of the molecule is CC(C)Nc1ccc(COC(=O)C(C)C)cc1O[C@@H]1O[C@H](C(=O)N(C)CC(=O)N(C)CC(=O)N(C)CC(=O)O)[C@@H](O)[C@H](O)[C@H]1O. The number of aliphatic hydroxyl groups excluding tert-OH is 3. The highest BCUT2D eigenvalue weighted by Gasteiger charge is 2.49. The zero-order valence-corrected chi connectivity index (χ0v) is 26.5. The van der Waals surface area contributed by atoms with Crippen LogP contribution in [0.4, 0.5) is 5.69 Å². The number of carbonyl (C=O) groups excluding carboxylic acids is 4. The number of carbonyl (C=O) groups is 5. The second-order valence-corrected chi connectivity index (χ2v) is 11.5. The maximum absolute atomic E-state index is 13.3. The molecule has 1 fully saturated rings. The van der Waals surface area contributed by atoms with Gasteiger partial charge in [-0.2, -0.15) is 0 Å². The van der Waals surface area contributed by atoms with Crippen molar-refractivity contribution in [3.05, 3.63) is 23.8 Å². The Labute approximate surface area is 261 Å². The molecule has 45 heavy (non-hydrogen) atoms. The van der Waals surface area contributed by atoms with Crippen LogP contribution in [0.2, 0.25) is 0 Å². The minimum Gasteiger partial charge on any atom is -0.480 e. The van der Waals surface area contributed by atoms with Crippen molar-refractivity contribution in [3.8, 4) is 5.75 Å². The van der Waals surface area contributed by atoms with Gasteiger partial charge in [0, 0.05) is 27.2 Å². The summed E-state index contributed by atoms with van der Waals surface area (Å²) in [4.78, 5) is 63.8. The molecule has 2 rings (SSSR count). The second-order valence-electron chi connectivity index (χ2n) is 11.5. The Bertz CT molecular complexity index is 1230. The van der Waals surface area contributed by atoms with Crippen LogP contribution in [-0.4, -0.2) is 142 Å². The van der Waals surface area contributed by atoms with E-state index in [0.717, 1.165) is 14.7 Å². The third kappa shape index (κ3) is 10.6. The molecule has 1 saturated heterocycles. The zero-order valence-electron chi connectivity index (χ0n) is 26.5. The topological polar surface area (TPSA) is 216 Å². The molecule has 0 spiro atoms. The van der Waals surface area contributed by atoms with Gasteiger partial charge < -0.3 is 54.7 Å². The number of esters is 1. The molecule has 1 aromatic carbocycles. The van der Waals surface area contributed by atoms with Crippen molar-refractivity contribution in [2.75, 3.05) is 46.1 Å². The van der Waals surface area contributed by atoms with E-state index < -0.39 is 80.0 Å². The van der Waals surface area contributed by atoms with Crippen LogP contribution in [0.3, 0.4) is 0 Å². The third-order valence-electron chi connectivity index (χ3n) is 6.74. The average molecular weight is 641 g/mol. The Hall–Kier alpha value is -3.99. The molecular formula is C29H44N4O12. The summed E-state index contributed by atoms with van der Waals surface area (Å²) in [6.45, 7) is 5.52. The predicted molar refractivity (Wildman–Crippen MR) is 158 cm³/mol. The fourth-order valence-corrected chi connectivity index (χ4v) is 4.10. The quantitative estimate of drug-likeness (QED) is 0.152. The van der Waals surface area contributed by atoms with E-state index in [9.17, 15) is 39.3 Å². The Kier molecular flexibility index (Phi) is 13.5. The first-order chi connectivity index (χ1) is 20.9. The maximum atomic E-state index is 13.3. The normalized spacial score (nSPS) is 21.2. The van der Waals surface area contributed by atoms with Gasteiger partial charge in [0.2, 0.25) is 18.1 Å². The molecule has 5 atom stereocenters. The first kappa shape index (κ1) is 37.2. The maximum Gasteiger partial charge on any atom is 0.323 e. The minimum absolute atomic E-state index is 0.0481. The van der Waals surface area contributed by atoms with E-state index in [-0.39, 0.29) is 24.3 Å². The van der Waals surface area contributed by atoms with E-state index in [2.05, 4.69) is 5.32 Å². The molecule has 16 nitrogen and oxygen atoms in total. The summed E-state index contributed by atoms with van der Waals surface area (Å²) in [6.07, 6.45) is -8.94. The fourth-order valence-electron chi connectivity index (χ4n) is 4.10. The molecule has 0 aromatic heterocycles. The summed E-state index contributed by atoms with van der Waals surface area (Å²) in [5.74, 6) is -4.07. The molecule has 252 valence electrons. The lowest BCUT2D eigenvalue weighted by molar-refractivity contribution is -0.268. The number of ether oxygens (including phenoxy) is 3. The summed E-state index contributed by atoms with van der Waals surface area (Å²) in [7, 11) is 3.80. The number of nitrogens with zero attached hydrogens (tertiary/aromatic N) is 3. The Morgan fingerprint density at radius 1 is 0.867 bits per heavy atom. The smallest absolute Gasteiger partial charge is 0.323 e. The molecule has 0 radical (unpaired) electrons. The monoisotopic (exact) mass is 640 g/mol. The van der Waals surface area contributed by atoms with E-state index in [1.165, 1.54) is 21.1 Å². The van der Waals surface area contributed by atoms with Crippen LogP contribution >= 0.6 is 0 Å². The summed E-state index contributed by atoms with van der Waals surface area (Å²) >= 11 is 0. The van der Waals surface area contributed by atoms with Crippen molar-refractivity contribution in [2.24, 2.45) is 5.92 Å². The Morgan fingerprint density at radius 2 is 1.44 bits per heavy atom. The average Bonchev–Trinajstić information content (AvgIpc) is 2.95. The largest absolute Gasteiger partial charge is 0.480 e. The van der Waals surface area contributed by atoms with Crippen LogP contribution in [0.15, 0.2) is 18.2 Å². The minimum atomic E-state index is -1.89. The van der Waals surface area contributed by atoms with Crippen LogP contribution in [0.1, 0.15) is 33.3 Å². The Morgan fingerprint density at radius 3 is 2.00 bits per heavy atom. The van der Waals surface area contributed by atoms with Gasteiger partial charge in [-0.3, -0.25) is 24.0 Å². The summed E-state index contributed by atoms with van der Waals surface area (Å²) in [5, 5.41) is 43.9. The Balaban J connectivity index is 2.19. The van der Waals surface area contributed by atoms with Crippen molar-refractivity contribution >= 4 is 35.3 Å². The number of aliphatic carboxylic acids is 1. The van der Waals surface area contributed by atoms with Crippen LogP contribution in [-0.2, 0) is 40.1 Å². The lowest BCUT2D eigenvalue weighted by Gasteiger charge is -2.40. The van der Waals surface area contributed by atoms with Crippen LogP contribution in [0, 0.1) is 5.92 Å². The highest BCUT2D eigenvalue weighted by Crippen LogP contribution is 2.32. The van der Waals surface area contributed by atoms with Gasteiger partial charge in [0.25, 0.3) is 5.91 Å². The van der Waals surface area contributed by atoms with E-state index in [4.69, 9.17) is 19.3 Å². The van der Waals surface area contributed by atoms with Crippen molar-refractivity contribution in [1.29, 1.82) is 0 Å². The van der Waals surface area contributed by atoms with Crippen LogP contribution < -0.4 is 10.1 Å². The zero-order chi connectivity index (χ0) is 34.2. The van der Waals surface area contributed by atoms with Crippen molar-refractivity contribution in [3.63, 3.8) is 0 Å². The lowest BCUT2D eigenvalue weighted by atomic mass is 9.98. The van der Waals surface area contributed by atoms with Crippen LogP contribution in [0.25, 0.3) is 0 Å². The molecule has 0 bridgehead atoms. The number of amides is 3. The molecule has 1 heterocycles. The van der Waals surface area contributed by atoms with Gasteiger partial charge in [0.15, 0.2) is 6.10 Å². The molecule has 1 aliphatic rings. The number of aliphatic hydroxyl groups is 3. The molecule has 0 aliphatic carbocycles. The summed E-state index contributed by atoms with van der Waals surface area (Å²) in [5.41, 5.74) is 1.01. The first-order valence-electron chi connectivity index (χ1n) is 14.3. The molecular weight excluding hydrogens is 596 g/mol. The number of anilines is 1. The number of benzene rings is 1. The standard InChI is InChI=1S/C29H44N4O12/c1-15(2)28(42)43-14-17-8-9-18(30-16(3)4)19(10-17)44-29-25(40)23(38)24(39)26(45-29)27(41)33(7)12-21(35)31(5)11-20(34)32(6)13-22(36)37/h8-10,15-16,23-26,29-30,38-40H,11-14H2,1-7H3,(H,36,37)/t23-,24-,25+,26-,29+/m0/s1.